The molecule has 0 amide bonds. The van der Waals surface area contributed by atoms with Crippen molar-refractivity contribution in [2.24, 2.45) is 11.8 Å². The standard InChI is InChI=1S/C30H35Cl2FN2S/c31-27-7-6-24(30(32)16-27)17-35-19-26(29(20-35)25-10-13-36-21-25)18-34-11-8-23(9-12-34)15-28(33)14-22-4-2-1-3-5-22/h1-7,10,13,16,21,23,26,28-29H,8-9,11-12,14-15,17-20H2/t26-,28-,29+/m0/s1. The zero-order chi connectivity index (χ0) is 24.9. The molecule has 3 aromatic rings. The molecule has 2 aliphatic heterocycles. The van der Waals surface area contributed by atoms with Crippen molar-refractivity contribution in [2.75, 3.05) is 32.7 Å². The Bertz CT molecular complexity index is 1090. The van der Waals surface area contributed by atoms with Gasteiger partial charge in [0.15, 0.2) is 0 Å². The summed E-state index contributed by atoms with van der Waals surface area (Å²) in [5.74, 6) is 1.63. The van der Waals surface area contributed by atoms with Gasteiger partial charge in [-0.15, -0.1) is 0 Å². The van der Waals surface area contributed by atoms with Gasteiger partial charge < -0.3 is 4.90 Å². The van der Waals surface area contributed by atoms with Gasteiger partial charge in [-0.3, -0.25) is 4.90 Å². The van der Waals surface area contributed by atoms with Crippen LogP contribution in [0.3, 0.4) is 0 Å². The first-order valence-corrected chi connectivity index (χ1v) is 14.8. The highest BCUT2D eigenvalue weighted by atomic mass is 35.5. The van der Waals surface area contributed by atoms with Crippen molar-refractivity contribution in [3.63, 3.8) is 0 Å². The van der Waals surface area contributed by atoms with Crippen LogP contribution in [0.4, 0.5) is 4.39 Å². The molecular formula is C30H35Cl2FN2S. The van der Waals surface area contributed by atoms with Crippen LogP contribution in [0, 0.1) is 11.8 Å². The first-order chi connectivity index (χ1) is 17.5. The van der Waals surface area contributed by atoms with Gasteiger partial charge in [0.2, 0.25) is 0 Å². The zero-order valence-electron chi connectivity index (χ0n) is 20.7. The van der Waals surface area contributed by atoms with E-state index >= 15 is 0 Å². The Balaban J connectivity index is 1.14. The maximum Gasteiger partial charge on any atom is 0.104 e. The fourth-order valence-corrected chi connectivity index (χ4v) is 7.27. The molecule has 192 valence electrons. The Morgan fingerprint density at radius 1 is 0.972 bits per heavy atom. The van der Waals surface area contributed by atoms with Crippen molar-refractivity contribution in [2.45, 2.75) is 44.3 Å². The summed E-state index contributed by atoms with van der Waals surface area (Å²) < 4.78 is 14.7. The monoisotopic (exact) mass is 544 g/mol. The maximum atomic E-state index is 14.7. The van der Waals surface area contributed by atoms with Crippen LogP contribution in [0.25, 0.3) is 0 Å². The van der Waals surface area contributed by atoms with E-state index in [1.54, 1.807) is 11.3 Å². The van der Waals surface area contributed by atoms with E-state index in [1.807, 2.05) is 42.5 Å². The van der Waals surface area contributed by atoms with Crippen LogP contribution in [-0.4, -0.2) is 48.7 Å². The summed E-state index contributed by atoms with van der Waals surface area (Å²) in [4.78, 5) is 5.18. The van der Waals surface area contributed by atoms with Gasteiger partial charge in [0.1, 0.15) is 6.17 Å². The van der Waals surface area contributed by atoms with E-state index in [0.717, 1.165) is 68.3 Å². The SMILES string of the molecule is F[C@@H](Cc1ccccc1)CC1CCN(C[C@H]2CN(Cc3ccc(Cl)cc3Cl)C[C@@H]2c2ccsc2)CC1. The summed E-state index contributed by atoms with van der Waals surface area (Å²) in [6.45, 7) is 6.26. The number of thiophene rings is 1. The van der Waals surface area contributed by atoms with Gasteiger partial charge in [-0.25, -0.2) is 4.39 Å². The van der Waals surface area contributed by atoms with Gasteiger partial charge in [-0.05, 0) is 89.8 Å². The van der Waals surface area contributed by atoms with Crippen LogP contribution in [0.2, 0.25) is 10.0 Å². The summed E-state index contributed by atoms with van der Waals surface area (Å²) in [5.41, 5.74) is 3.71. The summed E-state index contributed by atoms with van der Waals surface area (Å²) in [6, 6.07) is 18.2. The molecule has 6 heteroatoms. The predicted octanol–water partition coefficient (Wildman–Crippen LogP) is 7.95. The Morgan fingerprint density at radius 2 is 1.78 bits per heavy atom. The Morgan fingerprint density at radius 3 is 2.50 bits per heavy atom. The summed E-state index contributed by atoms with van der Waals surface area (Å²) in [7, 11) is 0. The molecule has 2 aromatic carbocycles. The molecule has 3 heterocycles. The molecule has 0 aliphatic carbocycles. The van der Waals surface area contributed by atoms with Gasteiger partial charge in [0.25, 0.3) is 0 Å². The lowest BCUT2D eigenvalue weighted by atomic mass is 9.87. The predicted molar refractivity (Wildman–Crippen MR) is 151 cm³/mol. The molecule has 0 spiro atoms. The van der Waals surface area contributed by atoms with Gasteiger partial charge in [-0.1, -0.05) is 59.6 Å². The molecule has 36 heavy (non-hydrogen) atoms. The van der Waals surface area contributed by atoms with Crippen molar-refractivity contribution < 1.29 is 4.39 Å². The van der Waals surface area contributed by atoms with Crippen LogP contribution in [-0.2, 0) is 13.0 Å². The molecule has 3 atom stereocenters. The Hall–Kier alpha value is -1.43. The number of nitrogens with zero attached hydrogens (tertiary/aromatic N) is 2. The highest BCUT2D eigenvalue weighted by Gasteiger charge is 2.36. The smallest absolute Gasteiger partial charge is 0.104 e. The first-order valence-electron chi connectivity index (χ1n) is 13.1. The molecule has 0 radical (unpaired) electrons. The summed E-state index contributed by atoms with van der Waals surface area (Å²) in [6.07, 6.45) is 2.71. The lowest BCUT2D eigenvalue weighted by molar-refractivity contribution is 0.135. The number of halogens is 3. The van der Waals surface area contributed by atoms with Gasteiger partial charge in [0, 0.05) is 48.6 Å². The Kier molecular flexibility index (Phi) is 9.03. The van der Waals surface area contributed by atoms with E-state index < -0.39 is 6.17 Å². The van der Waals surface area contributed by atoms with Crippen LogP contribution in [0.15, 0.2) is 65.4 Å². The number of piperidine rings is 1. The third kappa shape index (κ3) is 6.90. The molecule has 2 aliphatic rings. The number of benzene rings is 2. The van der Waals surface area contributed by atoms with Crippen molar-refractivity contribution in [1.82, 2.24) is 9.80 Å². The highest BCUT2D eigenvalue weighted by molar-refractivity contribution is 7.08. The number of rotatable bonds is 9. The number of hydrogen-bond donors (Lipinski definition) is 0. The van der Waals surface area contributed by atoms with E-state index in [2.05, 4.69) is 32.7 Å². The van der Waals surface area contributed by atoms with Crippen molar-refractivity contribution >= 4 is 34.5 Å². The normalized spacial score (nSPS) is 22.8. The molecule has 0 unspecified atom stereocenters. The van der Waals surface area contributed by atoms with E-state index in [1.165, 1.54) is 5.56 Å². The lowest BCUT2D eigenvalue weighted by Crippen LogP contribution is -2.39. The molecule has 1 aromatic heterocycles. The molecule has 2 nitrogen and oxygen atoms in total. The zero-order valence-corrected chi connectivity index (χ0v) is 23.0. The quantitative estimate of drug-likeness (QED) is 0.269. The molecular weight excluding hydrogens is 510 g/mol. The summed E-state index contributed by atoms with van der Waals surface area (Å²) in [5, 5.41) is 5.94. The summed E-state index contributed by atoms with van der Waals surface area (Å²) >= 11 is 14.4. The third-order valence-corrected chi connectivity index (χ3v) is 9.27. The highest BCUT2D eigenvalue weighted by Crippen LogP contribution is 2.37. The lowest BCUT2D eigenvalue weighted by Gasteiger charge is -2.35. The average molecular weight is 546 g/mol. The average Bonchev–Trinajstić information content (AvgIpc) is 3.53. The largest absolute Gasteiger partial charge is 0.303 e. The van der Waals surface area contributed by atoms with E-state index in [9.17, 15) is 4.39 Å². The van der Waals surface area contributed by atoms with Crippen LogP contribution >= 0.6 is 34.5 Å². The minimum atomic E-state index is -0.741. The van der Waals surface area contributed by atoms with Crippen LogP contribution in [0.5, 0.6) is 0 Å². The minimum Gasteiger partial charge on any atom is -0.303 e. The Labute approximate surface area is 229 Å². The van der Waals surface area contributed by atoms with Gasteiger partial charge >= 0.3 is 0 Å². The molecule has 0 bridgehead atoms. The number of likely N-dealkylation sites (tertiary alicyclic amines) is 2. The van der Waals surface area contributed by atoms with Gasteiger partial charge in [0.05, 0.1) is 0 Å². The second-order valence-corrected chi connectivity index (χ2v) is 12.2. The number of alkyl halides is 1. The molecule has 2 saturated heterocycles. The molecule has 2 fully saturated rings. The topological polar surface area (TPSA) is 6.48 Å². The van der Waals surface area contributed by atoms with Crippen molar-refractivity contribution in [1.29, 1.82) is 0 Å². The van der Waals surface area contributed by atoms with Gasteiger partial charge in [-0.2, -0.15) is 11.3 Å². The fraction of sp³-hybridized carbons (Fsp3) is 0.467. The minimum absolute atomic E-state index is 0.500. The maximum absolute atomic E-state index is 14.7. The molecule has 0 N–H and O–H groups in total. The van der Waals surface area contributed by atoms with E-state index in [4.69, 9.17) is 23.2 Å². The van der Waals surface area contributed by atoms with Crippen LogP contribution < -0.4 is 0 Å². The second kappa shape index (κ2) is 12.4. The first kappa shape index (κ1) is 26.2. The van der Waals surface area contributed by atoms with Crippen LogP contribution in [0.1, 0.15) is 41.9 Å². The molecule has 5 rings (SSSR count). The fourth-order valence-electron chi connectivity index (χ4n) is 6.08. The van der Waals surface area contributed by atoms with E-state index in [0.29, 0.717) is 35.6 Å². The number of hydrogen-bond acceptors (Lipinski definition) is 3. The third-order valence-electron chi connectivity index (χ3n) is 7.99. The van der Waals surface area contributed by atoms with E-state index in [-0.39, 0.29) is 0 Å². The second-order valence-electron chi connectivity index (χ2n) is 10.6. The molecule has 0 saturated carbocycles. The van der Waals surface area contributed by atoms with Crippen molar-refractivity contribution in [3.05, 3.63) is 92.1 Å². The van der Waals surface area contributed by atoms with Crippen molar-refractivity contribution in [3.8, 4) is 0 Å².